The lowest BCUT2D eigenvalue weighted by atomic mass is 9.94. The predicted molar refractivity (Wildman–Crippen MR) is 301 cm³/mol. The summed E-state index contributed by atoms with van der Waals surface area (Å²) in [6.07, 6.45) is 0. The molecule has 0 fully saturated rings. The zero-order valence-electron chi connectivity index (χ0n) is 38.3. The van der Waals surface area contributed by atoms with E-state index in [0.717, 1.165) is 66.6 Å². The van der Waals surface area contributed by atoms with E-state index in [1.807, 2.05) is 95.5 Å². The van der Waals surface area contributed by atoms with Crippen molar-refractivity contribution in [3.63, 3.8) is 0 Å². The Morgan fingerprint density at radius 2 is 0.861 bits per heavy atom. The van der Waals surface area contributed by atoms with Crippen LogP contribution < -0.4 is 0 Å². The minimum absolute atomic E-state index is 0.523. The SMILES string of the molecule is N#Cc1cccc(-c2ccc(-n3c4ccccc4c4c5sc6ccccc6c5ccc43)cc2-c2nc(-c3ccccc3)nc(-c3ccccc3)n2)c1-n1c2ccccc2c2c3sc4ccccc4c3ccc21. The maximum absolute atomic E-state index is 11.2. The third kappa shape index (κ3) is 6.02. The topological polar surface area (TPSA) is 72.3 Å². The van der Waals surface area contributed by atoms with Crippen LogP contribution in [0.5, 0.6) is 0 Å². The first kappa shape index (κ1) is 40.6. The number of para-hydroxylation sites is 3. The van der Waals surface area contributed by atoms with E-state index in [4.69, 9.17) is 15.0 Å². The van der Waals surface area contributed by atoms with Crippen molar-refractivity contribution in [2.45, 2.75) is 0 Å². The van der Waals surface area contributed by atoms with Crippen LogP contribution in [0.4, 0.5) is 0 Å². The summed E-state index contributed by atoms with van der Waals surface area (Å²) in [6.45, 7) is 0. The first-order valence-electron chi connectivity index (χ1n) is 23.9. The van der Waals surface area contributed by atoms with E-state index in [1.54, 1.807) is 0 Å². The largest absolute Gasteiger partial charge is 0.309 e. The van der Waals surface area contributed by atoms with Crippen LogP contribution >= 0.6 is 22.7 Å². The Kier molecular flexibility index (Phi) is 8.96. The fourth-order valence-corrected chi connectivity index (χ4v) is 13.6. The lowest BCUT2D eigenvalue weighted by molar-refractivity contribution is 1.07. The maximum atomic E-state index is 11.2. The Labute approximate surface area is 420 Å². The van der Waals surface area contributed by atoms with E-state index in [-0.39, 0.29) is 0 Å². The van der Waals surface area contributed by atoms with Crippen molar-refractivity contribution in [2.24, 2.45) is 0 Å². The molecule has 0 N–H and O–H groups in total. The van der Waals surface area contributed by atoms with Gasteiger partial charge >= 0.3 is 0 Å². The van der Waals surface area contributed by atoms with E-state index in [2.05, 4.69) is 161 Å². The number of thiophene rings is 2. The molecule has 0 atom stereocenters. The van der Waals surface area contributed by atoms with Gasteiger partial charge in [0, 0.05) is 89.8 Å². The van der Waals surface area contributed by atoms with Gasteiger partial charge < -0.3 is 9.13 Å². The lowest BCUT2D eigenvalue weighted by Crippen LogP contribution is -2.05. The van der Waals surface area contributed by atoms with Crippen LogP contribution in [0.3, 0.4) is 0 Å². The highest BCUT2D eigenvalue weighted by atomic mass is 32.1. The van der Waals surface area contributed by atoms with E-state index in [1.165, 1.54) is 56.5 Å². The van der Waals surface area contributed by atoms with Gasteiger partial charge in [0.25, 0.3) is 0 Å². The van der Waals surface area contributed by atoms with Crippen LogP contribution in [-0.2, 0) is 0 Å². The third-order valence-corrected chi connectivity index (χ3v) is 16.6. The van der Waals surface area contributed by atoms with Crippen molar-refractivity contribution in [3.8, 4) is 62.7 Å². The number of fused-ring (bicyclic) bond motifs is 14. The highest BCUT2D eigenvalue weighted by molar-refractivity contribution is 7.27. The highest BCUT2D eigenvalue weighted by Gasteiger charge is 2.26. The molecule has 5 heterocycles. The molecule has 0 aliphatic heterocycles. The highest BCUT2D eigenvalue weighted by Crippen LogP contribution is 2.48. The minimum Gasteiger partial charge on any atom is -0.309 e. The fraction of sp³-hybridized carbons (Fsp3) is 0. The average Bonchev–Trinajstić information content (AvgIpc) is 4.21. The summed E-state index contributed by atoms with van der Waals surface area (Å²) in [7, 11) is 0. The molecule has 5 aromatic heterocycles. The number of hydrogen-bond donors (Lipinski definition) is 0. The van der Waals surface area contributed by atoms with Gasteiger partial charge in [0.1, 0.15) is 6.07 Å². The first-order valence-corrected chi connectivity index (χ1v) is 25.5. The molecule has 0 aliphatic rings. The van der Waals surface area contributed by atoms with Crippen LogP contribution in [0.15, 0.2) is 218 Å². The number of hydrogen-bond acceptors (Lipinski definition) is 6. The van der Waals surface area contributed by atoms with Gasteiger partial charge in [-0.25, -0.2) is 15.0 Å². The Balaban J connectivity index is 1.05. The second kappa shape index (κ2) is 15.9. The number of aromatic nitrogens is 5. The van der Waals surface area contributed by atoms with Gasteiger partial charge in [-0.2, -0.15) is 5.26 Å². The van der Waals surface area contributed by atoms with Crippen molar-refractivity contribution < 1.29 is 0 Å². The molecule has 0 amide bonds. The Hall–Kier alpha value is -9.26. The molecule has 15 aromatic rings. The predicted octanol–water partition coefficient (Wildman–Crippen LogP) is 17.3. The number of nitrogens with zero attached hydrogens (tertiary/aromatic N) is 6. The van der Waals surface area contributed by atoms with Crippen molar-refractivity contribution in [3.05, 3.63) is 224 Å². The van der Waals surface area contributed by atoms with Crippen LogP contribution in [0.1, 0.15) is 5.56 Å². The van der Waals surface area contributed by atoms with E-state index >= 15 is 0 Å². The van der Waals surface area contributed by atoms with Crippen molar-refractivity contribution >= 4 is 107 Å². The van der Waals surface area contributed by atoms with Crippen molar-refractivity contribution in [2.75, 3.05) is 0 Å². The van der Waals surface area contributed by atoms with Crippen LogP contribution in [0.25, 0.3) is 141 Å². The maximum Gasteiger partial charge on any atom is 0.164 e. The van der Waals surface area contributed by atoms with Crippen molar-refractivity contribution in [1.29, 1.82) is 5.26 Å². The normalized spacial score (nSPS) is 11.9. The molecule has 0 aliphatic carbocycles. The third-order valence-electron chi connectivity index (χ3n) is 14.2. The molecule has 0 unspecified atom stereocenters. The summed E-state index contributed by atoms with van der Waals surface area (Å²) in [5.41, 5.74) is 10.9. The Morgan fingerprint density at radius 3 is 1.44 bits per heavy atom. The Morgan fingerprint density at radius 1 is 0.361 bits per heavy atom. The molecule has 15 rings (SSSR count). The van der Waals surface area contributed by atoms with Crippen molar-refractivity contribution in [1.82, 2.24) is 24.1 Å². The molecular formula is C64H36N6S2. The summed E-state index contributed by atoms with van der Waals surface area (Å²) >= 11 is 3.68. The molecule has 0 saturated carbocycles. The second-order valence-corrected chi connectivity index (χ2v) is 20.3. The summed E-state index contributed by atoms with van der Waals surface area (Å²) in [5.74, 6) is 1.66. The Bertz CT molecular complexity index is 4710. The number of benzene rings is 10. The minimum atomic E-state index is 0.523. The van der Waals surface area contributed by atoms with E-state index in [0.29, 0.717) is 23.0 Å². The fourth-order valence-electron chi connectivity index (χ4n) is 11.1. The average molecular weight is 953 g/mol. The zero-order valence-corrected chi connectivity index (χ0v) is 39.9. The van der Waals surface area contributed by atoms with Gasteiger partial charge in [-0.15, -0.1) is 22.7 Å². The van der Waals surface area contributed by atoms with Gasteiger partial charge in [-0.3, -0.25) is 0 Å². The van der Waals surface area contributed by atoms with Crippen LogP contribution in [0.2, 0.25) is 0 Å². The molecule has 0 bridgehead atoms. The van der Waals surface area contributed by atoms with Gasteiger partial charge in [0.15, 0.2) is 17.5 Å². The standard InChI is InChI=1S/C64H36N6S2/c65-37-40-20-15-25-45(59(40)70-52-27-12-8-24-49(52)58-54(70)35-33-47-44-22-10-14-29-56(44)72-61(47)58)42-31-30-41(36-50(42)64-67-62(38-16-3-1-4-17-38)66-63(68-64)39-18-5-2-6-19-39)69-51-26-11-7-23-48(51)57-53(69)34-32-46-43-21-9-13-28-55(43)71-60(46)57/h1-36H. The smallest absolute Gasteiger partial charge is 0.164 e. The number of rotatable bonds is 6. The molecule has 0 saturated heterocycles. The molecule has 10 aromatic carbocycles. The second-order valence-electron chi connectivity index (χ2n) is 18.2. The van der Waals surface area contributed by atoms with E-state index in [9.17, 15) is 5.26 Å². The molecule has 0 radical (unpaired) electrons. The lowest BCUT2D eigenvalue weighted by Gasteiger charge is -2.19. The van der Waals surface area contributed by atoms with Crippen LogP contribution in [0, 0.1) is 11.3 Å². The molecule has 72 heavy (non-hydrogen) atoms. The monoisotopic (exact) mass is 952 g/mol. The number of nitriles is 1. The van der Waals surface area contributed by atoms with Gasteiger partial charge in [0.05, 0.1) is 33.3 Å². The van der Waals surface area contributed by atoms with Crippen LogP contribution in [-0.4, -0.2) is 24.1 Å². The summed E-state index contributed by atoms with van der Waals surface area (Å²) in [6, 6.07) is 79.3. The molecule has 0 spiro atoms. The summed E-state index contributed by atoms with van der Waals surface area (Å²) < 4.78 is 9.72. The quantitative estimate of drug-likeness (QED) is 0.166. The van der Waals surface area contributed by atoms with Gasteiger partial charge in [-0.05, 0) is 60.2 Å². The van der Waals surface area contributed by atoms with Gasteiger partial charge in [0.2, 0.25) is 0 Å². The molecule has 334 valence electrons. The summed E-state index contributed by atoms with van der Waals surface area (Å²) in [5, 5.41) is 21.0. The van der Waals surface area contributed by atoms with Gasteiger partial charge in [-0.1, -0.05) is 164 Å². The van der Waals surface area contributed by atoms with E-state index < -0.39 is 0 Å². The molecular weight excluding hydrogens is 917 g/mol. The summed E-state index contributed by atoms with van der Waals surface area (Å²) in [4.78, 5) is 15.9. The molecule has 6 nitrogen and oxygen atoms in total. The first-order chi connectivity index (χ1) is 35.7. The zero-order chi connectivity index (χ0) is 47.4. The molecule has 8 heteroatoms.